The largest absolute Gasteiger partial charge is 0.494 e. The number of para-hydroxylation sites is 1. The van der Waals surface area contributed by atoms with Crippen LogP contribution in [-0.2, 0) is 24.1 Å². The van der Waals surface area contributed by atoms with E-state index in [9.17, 15) is 13.2 Å². The van der Waals surface area contributed by atoms with Gasteiger partial charge in [-0.3, -0.25) is 0 Å². The third-order valence-corrected chi connectivity index (χ3v) is 4.11. The van der Waals surface area contributed by atoms with Crippen molar-refractivity contribution in [3.05, 3.63) is 53.9 Å². The van der Waals surface area contributed by atoms with Crippen molar-refractivity contribution in [2.45, 2.75) is 19.3 Å². The predicted octanol–water partition coefficient (Wildman–Crippen LogP) is 4.29. The zero-order valence-corrected chi connectivity index (χ0v) is 14.9. The van der Waals surface area contributed by atoms with Crippen LogP contribution in [0.2, 0.25) is 0 Å². The van der Waals surface area contributed by atoms with E-state index in [-0.39, 0.29) is 23.2 Å². The van der Waals surface area contributed by atoms with Gasteiger partial charge in [0, 0.05) is 19.2 Å². The molecule has 1 heterocycles. The molecule has 0 atom stereocenters. The lowest BCUT2D eigenvalue weighted by Crippen LogP contribution is -2.13. The molecule has 3 rings (SSSR count). The predicted molar refractivity (Wildman–Crippen MR) is 93.9 cm³/mol. The van der Waals surface area contributed by atoms with E-state index in [1.54, 1.807) is 34.9 Å². The topological polar surface area (TPSA) is 45.5 Å². The lowest BCUT2D eigenvalue weighted by molar-refractivity contribution is -0.137. The Bertz CT molecular complexity index is 908. The van der Waals surface area contributed by atoms with Gasteiger partial charge in [-0.2, -0.15) is 13.2 Å². The highest BCUT2D eigenvalue weighted by molar-refractivity contribution is 5.87. The molecule has 0 saturated heterocycles. The average Bonchev–Trinajstić information content (AvgIpc) is 3.07. The molecule has 144 valence electrons. The van der Waals surface area contributed by atoms with Crippen molar-refractivity contribution >= 4 is 11.0 Å². The molecule has 2 aromatic carbocycles. The first-order valence-corrected chi connectivity index (χ1v) is 8.24. The summed E-state index contributed by atoms with van der Waals surface area (Å²) in [5.74, 6) is 0.786. The molecule has 0 unspecified atom stereocenters. The van der Waals surface area contributed by atoms with Gasteiger partial charge in [-0.05, 0) is 18.2 Å². The Kier molecular flexibility index (Phi) is 5.55. The van der Waals surface area contributed by atoms with E-state index >= 15 is 0 Å². The first-order chi connectivity index (χ1) is 13.0. The van der Waals surface area contributed by atoms with E-state index < -0.39 is 11.7 Å². The highest BCUT2D eigenvalue weighted by Gasteiger charge is 2.38. The minimum atomic E-state index is -4.58. The van der Waals surface area contributed by atoms with Crippen LogP contribution in [0, 0.1) is 0 Å². The second-order valence-corrected chi connectivity index (χ2v) is 5.84. The second kappa shape index (κ2) is 7.87. The summed E-state index contributed by atoms with van der Waals surface area (Å²) in [5.41, 5.74) is -0.729. The van der Waals surface area contributed by atoms with Crippen LogP contribution < -0.4 is 9.47 Å². The van der Waals surface area contributed by atoms with Crippen molar-refractivity contribution < 1.29 is 27.4 Å². The van der Waals surface area contributed by atoms with Crippen molar-refractivity contribution in [1.82, 2.24) is 9.55 Å². The van der Waals surface area contributed by atoms with Gasteiger partial charge in [0.05, 0.1) is 25.6 Å². The van der Waals surface area contributed by atoms with E-state index in [1.165, 1.54) is 26.6 Å². The van der Waals surface area contributed by atoms with Crippen molar-refractivity contribution in [2.75, 3.05) is 20.8 Å². The van der Waals surface area contributed by atoms with Crippen LogP contribution in [0.4, 0.5) is 13.2 Å². The summed E-state index contributed by atoms with van der Waals surface area (Å²) in [7, 11) is 2.94. The minimum absolute atomic E-state index is 0.0345. The fraction of sp³-hybridized carbons (Fsp3) is 0.316. The molecule has 0 aliphatic carbocycles. The summed E-state index contributed by atoms with van der Waals surface area (Å²) in [6.45, 7) is 0.450. The molecule has 0 saturated carbocycles. The van der Waals surface area contributed by atoms with Crippen molar-refractivity contribution in [3.8, 4) is 11.5 Å². The van der Waals surface area contributed by atoms with Crippen LogP contribution in [0.25, 0.3) is 11.0 Å². The Morgan fingerprint density at radius 1 is 1.11 bits per heavy atom. The number of benzene rings is 2. The normalized spacial score (nSPS) is 11.7. The lowest BCUT2D eigenvalue weighted by atomic mass is 10.0. The standard InChI is InChI=1S/C19H19F3N2O3/c1-25-9-8-24-12-23-17-16(19(20,21)22)13(10-15(26-2)18(17)24)11-27-14-6-4-3-5-7-14/h3-7,10,12H,8-9,11H2,1-2H3. The van der Waals surface area contributed by atoms with E-state index in [0.29, 0.717) is 24.7 Å². The number of halogens is 3. The molecular formula is C19H19F3N2O3. The van der Waals surface area contributed by atoms with Gasteiger partial charge in [0.1, 0.15) is 29.1 Å². The van der Waals surface area contributed by atoms with Crippen molar-refractivity contribution in [1.29, 1.82) is 0 Å². The maximum Gasteiger partial charge on any atom is 0.418 e. The van der Waals surface area contributed by atoms with Gasteiger partial charge >= 0.3 is 6.18 Å². The molecule has 8 heteroatoms. The zero-order valence-electron chi connectivity index (χ0n) is 14.9. The average molecular weight is 380 g/mol. The number of fused-ring (bicyclic) bond motifs is 1. The molecular weight excluding hydrogens is 361 g/mol. The molecule has 0 radical (unpaired) electrons. The Labute approximate surface area is 154 Å². The Hall–Kier alpha value is -2.74. The fourth-order valence-electron chi connectivity index (χ4n) is 2.90. The lowest BCUT2D eigenvalue weighted by Gasteiger charge is -2.17. The molecule has 3 aromatic rings. The molecule has 0 aliphatic rings. The minimum Gasteiger partial charge on any atom is -0.494 e. The molecule has 5 nitrogen and oxygen atoms in total. The van der Waals surface area contributed by atoms with Gasteiger partial charge in [-0.1, -0.05) is 18.2 Å². The molecule has 0 spiro atoms. The Morgan fingerprint density at radius 2 is 1.85 bits per heavy atom. The molecule has 0 bridgehead atoms. The van der Waals surface area contributed by atoms with E-state index in [0.717, 1.165) is 0 Å². The quantitative estimate of drug-likeness (QED) is 0.614. The smallest absolute Gasteiger partial charge is 0.418 e. The van der Waals surface area contributed by atoms with Gasteiger partial charge in [-0.25, -0.2) is 4.98 Å². The number of methoxy groups -OCH3 is 2. The molecule has 27 heavy (non-hydrogen) atoms. The highest BCUT2D eigenvalue weighted by Crippen LogP contribution is 2.41. The number of nitrogens with zero attached hydrogens (tertiary/aromatic N) is 2. The maximum atomic E-state index is 13.8. The van der Waals surface area contributed by atoms with Gasteiger partial charge in [0.2, 0.25) is 0 Å². The first kappa shape index (κ1) is 19.0. The maximum absolute atomic E-state index is 13.8. The SMILES string of the molecule is COCCn1cnc2c(C(F)(F)F)c(COc3ccccc3)cc(OC)c21. The van der Waals surface area contributed by atoms with E-state index in [2.05, 4.69) is 4.98 Å². The highest BCUT2D eigenvalue weighted by atomic mass is 19.4. The summed E-state index contributed by atoms with van der Waals surface area (Å²) in [6.07, 6.45) is -3.22. The van der Waals surface area contributed by atoms with E-state index in [1.807, 2.05) is 0 Å². The van der Waals surface area contributed by atoms with E-state index in [4.69, 9.17) is 14.2 Å². The van der Waals surface area contributed by atoms with Crippen LogP contribution in [0.3, 0.4) is 0 Å². The number of rotatable bonds is 7. The van der Waals surface area contributed by atoms with Gasteiger partial charge < -0.3 is 18.8 Å². The number of hydrogen-bond donors (Lipinski definition) is 0. The van der Waals surface area contributed by atoms with Gasteiger partial charge in [0.15, 0.2) is 0 Å². The first-order valence-electron chi connectivity index (χ1n) is 8.24. The molecule has 0 N–H and O–H groups in total. The second-order valence-electron chi connectivity index (χ2n) is 5.84. The van der Waals surface area contributed by atoms with Crippen LogP contribution in [-0.4, -0.2) is 30.4 Å². The summed E-state index contributed by atoms with van der Waals surface area (Å²) in [5, 5.41) is 0. The Balaban J connectivity index is 2.09. The molecule has 0 amide bonds. The van der Waals surface area contributed by atoms with Crippen LogP contribution in [0.15, 0.2) is 42.7 Å². The fourth-order valence-corrected chi connectivity index (χ4v) is 2.90. The third-order valence-electron chi connectivity index (χ3n) is 4.11. The third kappa shape index (κ3) is 4.00. The van der Waals surface area contributed by atoms with Crippen LogP contribution in [0.1, 0.15) is 11.1 Å². The Morgan fingerprint density at radius 3 is 2.48 bits per heavy atom. The number of hydrogen-bond acceptors (Lipinski definition) is 4. The summed E-state index contributed by atoms with van der Waals surface area (Å²) < 4.78 is 59.0. The monoisotopic (exact) mass is 380 g/mol. The number of alkyl halides is 3. The number of imidazole rings is 1. The van der Waals surface area contributed by atoms with Gasteiger partial charge in [0.25, 0.3) is 0 Å². The van der Waals surface area contributed by atoms with Crippen LogP contribution >= 0.6 is 0 Å². The van der Waals surface area contributed by atoms with Crippen LogP contribution in [0.5, 0.6) is 11.5 Å². The summed E-state index contributed by atoms with van der Waals surface area (Å²) in [6, 6.07) is 10.0. The zero-order chi connectivity index (χ0) is 19.4. The molecule has 0 fully saturated rings. The van der Waals surface area contributed by atoms with Crippen molar-refractivity contribution in [2.24, 2.45) is 0 Å². The number of ether oxygens (including phenoxy) is 3. The summed E-state index contributed by atoms with van der Waals surface area (Å²) >= 11 is 0. The summed E-state index contributed by atoms with van der Waals surface area (Å²) in [4.78, 5) is 4.01. The van der Waals surface area contributed by atoms with Gasteiger partial charge in [-0.15, -0.1) is 0 Å². The van der Waals surface area contributed by atoms with Crippen molar-refractivity contribution in [3.63, 3.8) is 0 Å². The number of aromatic nitrogens is 2. The molecule has 1 aromatic heterocycles. The molecule has 0 aliphatic heterocycles.